The number of nitrogens with two attached hydrogens (primary N) is 1. The highest BCUT2D eigenvalue weighted by atomic mass is 32.1. The minimum Gasteiger partial charge on any atom is -0.392 e. The van der Waals surface area contributed by atoms with Crippen LogP contribution in [0.5, 0.6) is 0 Å². The molecule has 0 saturated heterocycles. The van der Waals surface area contributed by atoms with Crippen molar-refractivity contribution in [3.63, 3.8) is 0 Å². The summed E-state index contributed by atoms with van der Waals surface area (Å²) in [5.41, 5.74) is 5.38. The van der Waals surface area contributed by atoms with Gasteiger partial charge in [0.25, 0.3) is 0 Å². The average molecular weight is 265 g/mol. The summed E-state index contributed by atoms with van der Waals surface area (Å²) in [6.45, 7) is 1.30. The molecular formula is C8H10F3N5S. The largest absolute Gasteiger partial charge is 0.451 e. The number of nitrogens with zero attached hydrogens (tertiary/aromatic N) is 4. The standard InChI is InChI=1S/C8H10F3N5S/c9-8(10,11)7-14-13-6-4-15(3-5(12)17)1-2-16(6)7/h1-4H2,(H2,12,17). The number of hydrogen-bond acceptors (Lipinski definition) is 4. The van der Waals surface area contributed by atoms with Crippen LogP contribution < -0.4 is 5.73 Å². The number of hydrogen-bond donors (Lipinski definition) is 1. The van der Waals surface area contributed by atoms with E-state index in [2.05, 4.69) is 10.2 Å². The molecule has 0 fully saturated rings. The second-order valence-electron chi connectivity index (χ2n) is 3.77. The average Bonchev–Trinajstić information content (AvgIpc) is 2.58. The van der Waals surface area contributed by atoms with Crippen molar-refractivity contribution >= 4 is 17.2 Å². The highest BCUT2D eigenvalue weighted by Crippen LogP contribution is 2.29. The molecule has 2 rings (SSSR count). The van der Waals surface area contributed by atoms with E-state index in [0.717, 1.165) is 4.57 Å². The van der Waals surface area contributed by atoms with Gasteiger partial charge in [-0.3, -0.25) is 4.90 Å². The van der Waals surface area contributed by atoms with Crippen molar-refractivity contribution in [1.29, 1.82) is 0 Å². The molecule has 2 N–H and O–H groups in total. The lowest BCUT2D eigenvalue weighted by atomic mass is 10.3. The Balaban J connectivity index is 2.19. The van der Waals surface area contributed by atoms with Gasteiger partial charge in [-0.25, -0.2) is 0 Å². The zero-order valence-corrected chi connectivity index (χ0v) is 9.55. The number of aromatic nitrogens is 3. The normalized spacial score (nSPS) is 16.9. The van der Waals surface area contributed by atoms with Gasteiger partial charge in [0, 0.05) is 19.6 Å². The van der Waals surface area contributed by atoms with Gasteiger partial charge < -0.3 is 10.3 Å². The Morgan fingerprint density at radius 3 is 2.65 bits per heavy atom. The van der Waals surface area contributed by atoms with Crippen LogP contribution in [0.2, 0.25) is 0 Å². The van der Waals surface area contributed by atoms with E-state index in [-0.39, 0.29) is 13.1 Å². The van der Waals surface area contributed by atoms with Crippen molar-refractivity contribution in [2.45, 2.75) is 19.3 Å². The minimum atomic E-state index is -4.46. The molecule has 0 bridgehead atoms. The molecule has 1 aliphatic heterocycles. The molecule has 2 heterocycles. The highest BCUT2D eigenvalue weighted by Gasteiger charge is 2.39. The first-order chi connectivity index (χ1) is 7.88. The lowest BCUT2D eigenvalue weighted by molar-refractivity contribution is -0.148. The van der Waals surface area contributed by atoms with Crippen LogP contribution >= 0.6 is 12.2 Å². The zero-order chi connectivity index (χ0) is 12.6. The molecule has 0 aliphatic carbocycles. The molecule has 0 atom stereocenters. The van der Waals surface area contributed by atoms with Crippen molar-refractivity contribution in [2.24, 2.45) is 5.73 Å². The van der Waals surface area contributed by atoms with Gasteiger partial charge >= 0.3 is 6.18 Å². The van der Waals surface area contributed by atoms with Gasteiger partial charge in [-0.05, 0) is 0 Å². The van der Waals surface area contributed by atoms with E-state index >= 15 is 0 Å². The Hall–Kier alpha value is -1.22. The van der Waals surface area contributed by atoms with E-state index in [0.29, 0.717) is 23.9 Å². The molecule has 0 radical (unpaired) electrons. The predicted molar refractivity (Wildman–Crippen MR) is 57.1 cm³/mol. The monoisotopic (exact) mass is 265 g/mol. The van der Waals surface area contributed by atoms with Crippen LogP contribution in [0.4, 0.5) is 13.2 Å². The van der Waals surface area contributed by atoms with Crippen molar-refractivity contribution in [3.8, 4) is 0 Å². The fourth-order valence-electron chi connectivity index (χ4n) is 1.77. The first-order valence-electron chi connectivity index (χ1n) is 4.88. The van der Waals surface area contributed by atoms with E-state index in [1.807, 2.05) is 4.90 Å². The van der Waals surface area contributed by atoms with E-state index in [4.69, 9.17) is 18.0 Å². The third-order valence-electron chi connectivity index (χ3n) is 2.47. The Labute approximate surface area is 100 Å². The van der Waals surface area contributed by atoms with E-state index in [1.165, 1.54) is 0 Å². The number of fused-ring (bicyclic) bond motifs is 1. The van der Waals surface area contributed by atoms with E-state index < -0.39 is 12.0 Å². The Kier molecular flexibility index (Phi) is 3.04. The first kappa shape index (κ1) is 12.2. The molecule has 5 nitrogen and oxygen atoms in total. The van der Waals surface area contributed by atoms with E-state index in [9.17, 15) is 13.2 Å². The molecule has 1 aromatic rings. The number of alkyl halides is 3. The van der Waals surface area contributed by atoms with Crippen LogP contribution in [0.3, 0.4) is 0 Å². The van der Waals surface area contributed by atoms with Crippen LogP contribution in [0.1, 0.15) is 11.6 Å². The Bertz CT molecular complexity index is 441. The molecule has 1 aliphatic rings. The molecule has 0 unspecified atom stereocenters. The quantitative estimate of drug-likeness (QED) is 0.784. The zero-order valence-electron chi connectivity index (χ0n) is 8.74. The minimum absolute atomic E-state index is 0.194. The second-order valence-corrected chi connectivity index (χ2v) is 4.29. The molecular weight excluding hydrogens is 255 g/mol. The van der Waals surface area contributed by atoms with E-state index in [1.54, 1.807) is 0 Å². The second kappa shape index (κ2) is 4.22. The summed E-state index contributed by atoms with van der Waals surface area (Å²) in [6.07, 6.45) is -4.46. The summed E-state index contributed by atoms with van der Waals surface area (Å²) < 4.78 is 38.7. The Morgan fingerprint density at radius 1 is 1.35 bits per heavy atom. The maximum absolute atomic E-state index is 12.5. The topological polar surface area (TPSA) is 60.0 Å². The predicted octanol–water partition coefficient (Wildman–Crippen LogP) is 0.399. The van der Waals surface area contributed by atoms with Gasteiger partial charge in [0.2, 0.25) is 5.82 Å². The van der Waals surface area contributed by atoms with Crippen molar-refractivity contribution in [1.82, 2.24) is 19.7 Å². The van der Waals surface area contributed by atoms with Crippen molar-refractivity contribution < 1.29 is 13.2 Å². The number of thiocarbonyl (C=S) groups is 1. The van der Waals surface area contributed by atoms with Crippen LogP contribution in [0, 0.1) is 0 Å². The lowest BCUT2D eigenvalue weighted by Gasteiger charge is -2.27. The molecule has 94 valence electrons. The van der Waals surface area contributed by atoms with Crippen molar-refractivity contribution in [3.05, 3.63) is 11.6 Å². The van der Waals surface area contributed by atoms with Gasteiger partial charge in [0.1, 0.15) is 5.82 Å². The first-order valence-corrected chi connectivity index (χ1v) is 5.28. The molecule has 1 aromatic heterocycles. The van der Waals surface area contributed by atoms with Gasteiger partial charge in [-0.2, -0.15) is 13.2 Å². The number of rotatable bonds is 2. The molecule has 9 heteroatoms. The molecule has 0 amide bonds. The summed E-state index contributed by atoms with van der Waals surface area (Å²) >= 11 is 4.75. The molecule has 0 saturated carbocycles. The number of halogens is 3. The third-order valence-corrected chi connectivity index (χ3v) is 2.59. The van der Waals surface area contributed by atoms with Gasteiger partial charge in [-0.15, -0.1) is 10.2 Å². The summed E-state index contributed by atoms with van der Waals surface area (Å²) in [5.74, 6) is -0.651. The molecule has 17 heavy (non-hydrogen) atoms. The van der Waals surface area contributed by atoms with Gasteiger partial charge in [0.15, 0.2) is 0 Å². The molecule has 0 spiro atoms. The summed E-state index contributed by atoms with van der Waals surface area (Å²) in [5, 5.41) is 6.73. The maximum Gasteiger partial charge on any atom is 0.451 e. The summed E-state index contributed by atoms with van der Waals surface area (Å²) in [6, 6.07) is 0. The van der Waals surface area contributed by atoms with Gasteiger partial charge in [0.05, 0.1) is 11.5 Å². The third kappa shape index (κ3) is 2.55. The summed E-state index contributed by atoms with van der Waals surface area (Å²) in [7, 11) is 0. The van der Waals surface area contributed by atoms with Crippen LogP contribution in [-0.4, -0.2) is 37.7 Å². The van der Waals surface area contributed by atoms with Crippen molar-refractivity contribution in [2.75, 3.05) is 13.1 Å². The smallest absolute Gasteiger partial charge is 0.392 e. The van der Waals surface area contributed by atoms with Gasteiger partial charge in [-0.1, -0.05) is 12.2 Å². The fraction of sp³-hybridized carbons (Fsp3) is 0.625. The molecule has 0 aromatic carbocycles. The highest BCUT2D eigenvalue weighted by molar-refractivity contribution is 7.80. The maximum atomic E-state index is 12.5. The lowest BCUT2D eigenvalue weighted by Crippen LogP contribution is -2.39. The SMILES string of the molecule is NC(=S)CN1CCn2c(nnc2C(F)(F)F)C1. The van der Waals surface area contributed by atoms with Crippen LogP contribution in [0.25, 0.3) is 0 Å². The Morgan fingerprint density at radius 2 is 2.06 bits per heavy atom. The van der Waals surface area contributed by atoms with Crippen LogP contribution in [0.15, 0.2) is 0 Å². The van der Waals surface area contributed by atoms with Crippen LogP contribution in [-0.2, 0) is 19.3 Å². The summed E-state index contributed by atoms with van der Waals surface area (Å²) in [4.78, 5) is 2.15. The fourth-order valence-corrected chi connectivity index (χ4v) is 1.96.